The van der Waals surface area contributed by atoms with Crippen molar-refractivity contribution in [2.24, 2.45) is 10.7 Å². The van der Waals surface area contributed by atoms with Crippen molar-refractivity contribution in [3.05, 3.63) is 59.4 Å². The highest BCUT2D eigenvalue weighted by atomic mass is 35.5. The van der Waals surface area contributed by atoms with Crippen molar-refractivity contribution in [1.82, 2.24) is 0 Å². The number of aliphatic imine (C=N–C) groups is 1. The molecule has 1 aliphatic rings. The maximum atomic E-state index is 13.7. The zero-order chi connectivity index (χ0) is 13.4. The Balaban J connectivity index is 0.00000147. The molecule has 0 amide bonds. The highest BCUT2D eigenvalue weighted by Crippen LogP contribution is 2.31. The van der Waals surface area contributed by atoms with E-state index in [1.165, 1.54) is 6.07 Å². The Morgan fingerprint density at radius 2 is 1.95 bits per heavy atom. The Hall–Kier alpha value is -2.27. The van der Waals surface area contributed by atoms with E-state index in [0.29, 0.717) is 11.3 Å². The zero-order valence-corrected chi connectivity index (χ0v) is 11.2. The molecule has 0 radical (unpaired) electrons. The number of phenolic OH excluding ortho intramolecular Hbond substituents is 1. The minimum atomic E-state index is -0.429. The molecule has 20 heavy (non-hydrogen) atoms. The number of aromatic hydroxyl groups is 1. The fourth-order valence-corrected chi connectivity index (χ4v) is 2.14. The first-order valence-electron chi connectivity index (χ1n) is 5.83. The minimum Gasteiger partial charge on any atom is -0.508 e. The molecule has 104 valence electrons. The Morgan fingerprint density at radius 3 is 2.70 bits per heavy atom. The number of hydrogen-bond acceptors (Lipinski definition) is 4. The molecule has 2 aromatic carbocycles. The lowest BCUT2D eigenvalue weighted by molar-refractivity contribution is 0.474. The van der Waals surface area contributed by atoms with Gasteiger partial charge in [0.05, 0.1) is 5.56 Å². The van der Waals surface area contributed by atoms with Crippen molar-refractivity contribution in [3.8, 4) is 5.75 Å². The third kappa shape index (κ3) is 2.40. The first kappa shape index (κ1) is 14.1. The van der Waals surface area contributed by atoms with Crippen molar-refractivity contribution in [3.63, 3.8) is 0 Å². The number of hydrogen-bond donors (Lipinski definition) is 3. The predicted molar refractivity (Wildman–Crippen MR) is 78.8 cm³/mol. The number of anilines is 1. The van der Waals surface area contributed by atoms with E-state index in [-0.39, 0.29) is 24.0 Å². The Labute approximate surface area is 121 Å². The number of nitrogens with two attached hydrogens (primary N) is 1. The van der Waals surface area contributed by atoms with Gasteiger partial charge in [0.25, 0.3) is 0 Å². The lowest BCUT2D eigenvalue weighted by Crippen LogP contribution is -2.26. The lowest BCUT2D eigenvalue weighted by atomic mass is 10.1. The third-order valence-corrected chi connectivity index (χ3v) is 3.02. The highest BCUT2D eigenvalue weighted by Gasteiger charge is 2.22. The molecule has 0 spiro atoms. The standard InChI is InChI=1S/C14H12FN3O.ClH/c15-10-5-2-6-11-12(10)13(16)18-14(17-11)8-3-1-4-9(19)7-8;/h1-7,14,17,19H,(H2,16,18);1H. The lowest BCUT2D eigenvalue weighted by Gasteiger charge is -2.24. The number of nitrogens with zero attached hydrogens (tertiary/aromatic N) is 1. The van der Waals surface area contributed by atoms with Crippen molar-refractivity contribution < 1.29 is 9.50 Å². The van der Waals surface area contributed by atoms with Crippen LogP contribution in [0.2, 0.25) is 0 Å². The molecule has 3 rings (SSSR count). The van der Waals surface area contributed by atoms with Crippen LogP contribution in [0, 0.1) is 5.82 Å². The molecule has 4 N–H and O–H groups in total. The summed E-state index contributed by atoms with van der Waals surface area (Å²) in [7, 11) is 0. The van der Waals surface area contributed by atoms with Gasteiger partial charge in [-0.25, -0.2) is 9.38 Å². The van der Waals surface area contributed by atoms with E-state index in [1.807, 2.05) is 6.07 Å². The Bertz CT molecular complexity index is 675. The summed E-state index contributed by atoms with van der Waals surface area (Å²) in [4.78, 5) is 4.23. The average Bonchev–Trinajstić information content (AvgIpc) is 2.38. The second-order valence-corrected chi connectivity index (χ2v) is 4.32. The van der Waals surface area contributed by atoms with Gasteiger partial charge in [0.1, 0.15) is 23.6 Å². The van der Waals surface area contributed by atoms with Crippen molar-refractivity contribution in [1.29, 1.82) is 0 Å². The van der Waals surface area contributed by atoms with Crippen LogP contribution in [0.3, 0.4) is 0 Å². The van der Waals surface area contributed by atoms with E-state index in [0.717, 1.165) is 5.56 Å². The first-order valence-corrected chi connectivity index (χ1v) is 5.83. The van der Waals surface area contributed by atoms with Gasteiger partial charge in [-0.2, -0.15) is 0 Å². The maximum Gasteiger partial charge on any atom is 0.147 e. The number of rotatable bonds is 1. The predicted octanol–water partition coefficient (Wildman–Crippen LogP) is 2.78. The van der Waals surface area contributed by atoms with Gasteiger partial charge in [-0.1, -0.05) is 18.2 Å². The Morgan fingerprint density at radius 1 is 1.20 bits per heavy atom. The number of benzene rings is 2. The summed E-state index contributed by atoms with van der Waals surface area (Å²) in [5.74, 6) is -0.0982. The fourth-order valence-electron chi connectivity index (χ4n) is 2.14. The molecule has 1 unspecified atom stereocenters. The number of fused-ring (bicyclic) bond motifs is 1. The summed E-state index contributed by atoms with van der Waals surface area (Å²) in [5, 5.41) is 12.6. The molecule has 0 saturated carbocycles. The monoisotopic (exact) mass is 293 g/mol. The second kappa shape index (κ2) is 5.38. The summed E-state index contributed by atoms with van der Waals surface area (Å²) in [6, 6.07) is 11.4. The molecule has 1 aliphatic heterocycles. The summed E-state index contributed by atoms with van der Waals surface area (Å²) < 4.78 is 13.7. The zero-order valence-electron chi connectivity index (χ0n) is 10.4. The van der Waals surface area contributed by atoms with Crippen LogP contribution in [0.1, 0.15) is 17.3 Å². The van der Waals surface area contributed by atoms with Gasteiger partial charge in [0.15, 0.2) is 0 Å². The Kier molecular flexibility index (Phi) is 3.81. The number of halogens is 2. The van der Waals surface area contributed by atoms with E-state index < -0.39 is 12.0 Å². The molecular weight excluding hydrogens is 281 g/mol. The molecule has 0 saturated heterocycles. The van der Waals surface area contributed by atoms with Crippen molar-refractivity contribution >= 4 is 23.9 Å². The van der Waals surface area contributed by atoms with Gasteiger partial charge in [-0.05, 0) is 24.3 Å². The molecule has 1 heterocycles. The SMILES string of the molecule is Cl.NC1=NC(c2cccc(O)c2)Nc2cccc(F)c21. The van der Waals surface area contributed by atoms with Gasteiger partial charge >= 0.3 is 0 Å². The fraction of sp³-hybridized carbons (Fsp3) is 0.0714. The van der Waals surface area contributed by atoms with Crippen molar-refractivity contribution in [2.75, 3.05) is 5.32 Å². The van der Waals surface area contributed by atoms with E-state index in [1.54, 1.807) is 30.3 Å². The van der Waals surface area contributed by atoms with Crippen LogP contribution in [0.4, 0.5) is 10.1 Å². The largest absolute Gasteiger partial charge is 0.508 e. The molecule has 0 aliphatic carbocycles. The third-order valence-electron chi connectivity index (χ3n) is 3.02. The quantitative estimate of drug-likeness (QED) is 0.757. The number of phenols is 1. The molecule has 1 atom stereocenters. The average molecular weight is 294 g/mol. The van der Waals surface area contributed by atoms with Gasteiger partial charge in [0, 0.05) is 11.3 Å². The topological polar surface area (TPSA) is 70.6 Å². The minimum absolute atomic E-state index is 0. The van der Waals surface area contributed by atoms with Crippen LogP contribution in [0.5, 0.6) is 5.75 Å². The number of nitrogens with one attached hydrogen (secondary N) is 1. The van der Waals surface area contributed by atoms with Crippen LogP contribution >= 0.6 is 12.4 Å². The molecule has 2 aromatic rings. The van der Waals surface area contributed by atoms with Gasteiger partial charge in [-0.3, -0.25) is 0 Å². The van der Waals surface area contributed by atoms with Crippen LogP contribution in [0.25, 0.3) is 0 Å². The van der Waals surface area contributed by atoms with Crippen LogP contribution in [-0.4, -0.2) is 10.9 Å². The van der Waals surface area contributed by atoms with Gasteiger partial charge < -0.3 is 16.2 Å². The summed E-state index contributed by atoms with van der Waals surface area (Å²) in [6.45, 7) is 0. The molecule has 0 fully saturated rings. The highest BCUT2D eigenvalue weighted by molar-refractivity contribution is 6.04. The number of amidine groups is 1. The normalized spacial score (nSPS) is 16.4. The van der Waals surface area contributed by atoms with E-state index in [2.05, 4.69) is 10.3 Å². The molecular formula is C14H13ClFN3O. The van der Waals surface area contributed by atoms with Crippen LogP contribution in [-0.2, 0) is 0 Å². The van der Waals surface area contributed by atoms with E-state index in [9.17, 15) is 9.50 Å². The van der Waals surface area contributed by atoms with Crippen LogP contribution < -0.4 is 11.1 Å². The summed E-state index contributed by atoms with van der Waals surface area (Å²) in [6.07, 6.45) is -0.429. The van der Waals surface area contributed by atoms with Crippen molar-refractivity contribution in [2.45, 2.75) is 6.17 Å². The summed E-state index contributed by atoms with van der Waals surface area (Å²) in [5.41, 5.74) is 7.47. The summed E-state index contributed by atoms with van der Waals surface area (Å²) >= 11 is 0. The van der Waals surface area contributed by atoms with Gasteiger partial charge in [0.2, 0.25) is 0 Å². The molecule has 4 nitrogen and oxygen atoms in total. The maximum absolute atomic E-state index is 13.7. The molecule has 0 aromatic heterocycles. The smallest absolute Gasteiger partial charge is 0.147 e. The molecule has 6 heteroatoms. The first-order chi connectivity index (χ1) is 9.15. The van der Waals surface area contributed by atoms with E-state index >= 15 is 0 Å². The van der Waals surface area contributed by atoms with E-state index in [4.69, 9.17) is 5.73 Å². The van der Waals surface area contributed by atoms with Gasteiger partial charge in [-0.15, -0.1) is 12.4 Å². The second-order valence-electron chi connectivity index (χ2n) is 4.32. The molecule has 0 bridgehead atoms. The van der Waals surface area contributed by atoms with Crippen LogP contribution in [0.15, 0.2) is 47.5 Å².